The number of aromatic nitrogens is 1. The first-order valence-electron chi connectivity index (χ1n) is 6.92. The Kier molecular flexibility index (Phi) is 4.56. The van der Waals surface area contributed by atoms with Crippen LogP contribution in [0.3, 0.4) is 0 Å². The van der Waals surface area contributed by atoms with Crippen molar-refractivity contribution in [3.8, 4) is 0 Å². The van der Waals surface area contributed by atoms with Gasteiger partial charge in [-0.25, -0.2) is 0 Å². The van der Waals surface area contributed by atoms with Gasteiger partial charge in [-0.3, -0.25) is 9.59 Å². The SMILES string of the molecule is Cc1noc(C)c1CCC(=O)N1C[C@@H]2COC(=O)[C@@H]2C1.Cl. The minimum atomic E-state index is -0.156. The van der Waals surface area contributed by atoms with Gasteiger partial charge in [-0.1, -0.05) is 5.16 Å². The van der Waals surface area contributed by atoms with Gasteiger partial charge in [0.2, 0.25) is 5.91 Å². The average molecular weight is 315 g/mol. The quantitative estimate of drug-likeness (QED) is 0.786. The Bertz CT molecular complexity index is 538. The summed E-state index contributed by atoms with van der Waals surface area (Å²) in [6, 6.07) is 0. The van der Waals surface area contributed by atoms with E-state index in [2.05, 4.69) is 5.16 Å². The molecule has 2 aliphatic rings. The first-order valence-corrected chi connectivity index (χ1v) is 6.92. The number of hydrogen-bond acceptors (Lipinski definition) is 5. The van der Waals surface area contributed by atoms with Gasteiger partial charge >= 0.3 is 5.97 Å². The summed E-state index contributed by atoms with van der Waals surface area (Å²) in [5.74, 6) is 0.781. The van der Waals surface area contributed by atoms with E-state index in [1.54, 1.807) is 4.90 Å². The summed E-state index contributed by atoms with van der Waals surface area (Å²) >= 11 is 0. The largest absolute Gasteiger partial charge is 0.465 e. The fraction of sp³-hybridized carbons (Fsp3) is 0.643. The fourth-order valence-electron chi connectivity index (χ4n) is 3.06. The molecule has 116 valence electrons. The third-order valence-corrected chi connectivity index (χ3v) is 4.31. The maximum atomic E-state index is 12.2. The van der Waals surface area contributed by atoms with Crippen LogP contribution < -0.4 is 0 Å². The molecule has 1 amide bonds. The van der Waals surface area contributed by atoms with Crippen LogP contribution in [0, 0.1) is 25.7 Å². The number of cyclic esters (lactones) is 1. The zero-order chi connectivity index (χ0) is 14.3. The average Bonchev–Trinajstić information content (AvgIpc) is 3.06. The normalized spacial score (nSPS) is 23.7. The molecular formula is C14H19ClN2O4. The Morgan fingerprint density at radius 2 is 2.14 bits per heavy atom. The second-order valence-electron chi connectivity index (χ2n) is 5.60. The molecule has 0 unspecified atom stereocenters. The first kappa shape index (κ1) is 15.8. The maximum absolute atomic E-state index is 12.2. The van der Waals surface area contributed by atoms with Gasteiger partial charge in [-0.2, -0.15) is 0 Å². The summed E-state index contributed by atoms with van der Waals surface area (Å²) in [6.45, 7) is 5.33. The molecule has 0 bridgehead atoms. The van der Waals surface area contributed by atoms with Crippen LogP contribution in [0.5, 0.6) is 0 Å². The van der Waals surface area contributed by atoms with Gasteiger partial charge in [0.25, 0.3) is 0 Å². The van der Waals surface area contributed by atoms with E-state index in [4.69, 9.17) is 9.26 Å². The van der Waals surface area contributed by atoms with Crippen LogP contribution in [0.15, 0.2) is 4.52 Å². The number of likely N-dealkylation sites (tertiary alicyclic amines) is 1. The van der Waals surface area contributed by atoms with Crippen LogP contribution in [-0.2, 0) is 20.7 Å². The lowest BCUT2D eigenvalue weighted by Crippen LogP contribution is -2.31. The summed E-state index contributed by atoms with van der Waals surface area (Å²) in [4.78, 5) is 25.5. The fourth-order valence-corrected chi connectivity index (χ4v) is 3.06. The molecule has 1 aromatic rings. The van der Waals surface area contributed by atoms with Gasteiger partial charge in [-0.05, 0) is 20.3 Å². The Balaban J connectivity index is 0.00000161. The summed E-state index contributed by atoms with van der Waals surface area (Å²) in [6.07, 6.45) is 1.06. The van der Waals surface area contributed by atoms with E-state index >= 15 is 0 Å². The zero-order valence-electron chi connectivity index (χ0n) is 12.1. The minimum Gasteiger partial charge on any atom is -0.465 e. The van der Waals surface area contributed by atoms with Crippen molar-refractivity contribution in [2.45, 2.75) is 26.7 Å². The number of fused-ring (bicyclic) bond motifs is 1. The number of ether oxygens (including phenoxy) is 1. The van der Waals surface area contributed by atoms with Gasteiger partial charge in [0.15, 0.2) is 0 Å². The molecule has 0 aliphatic carbocycles. The third kappa shape index (κ3) is 2.90. The maximum Gasteiger partial charge on any atom is 0.311 e. The molecule has 0 saturated carbocycles. The van der Waals surface area contributed by atoms with E-state index in [1.807, 2.05) is 13.8 Å². The Morgan fingerprint density at radius 1 is 1.38 bits per heavy atom. The van der Waals surface area contributed by atoms with Gasteiger partial charge in [0.05, 0.1) is 18.2 Å². The summed E-state index contributed by atoms with van der Waals surface area (Å²) in [7, 11) is 0. The zero-order valence-corrected chi connectivity index (χ0v) is 12.9. The molecule has 6 nitrogen and oxygen atoms in total. The standard InChI is InChI=1S/C14H18N2O4.ClH/c1-8-11(9(2)20-15-8)3-4-13(17)16-5-10-7-19-14(18)12(10)6-16;/h10,12H,3-7H2,1-2H3;1H/t10-,12-;/m1./s1. The lowest BCUT2D eigenvalue weighted by molar-refractivity contribution is -0.142. The number of esters is 1. The third-order valence-electron chi connectivity index (χ3n) is 4.31. The number of nitrogens with zero attached hydrogens (tertiary/aromatic N) is 2. The van der Waals surface area contributed by atoms with E-state index in [0.29, 0.717) is 32.5 Å². The highest BCUT2D eigenvalue weighted by Crippen LogP contribution is 2.30. The van der Waals surface area contributed by atoms with Crippen LogP contribution in [0.25, 0.3) is 0 Å². The summed E-state index contributed by atoms with van der Waals surface area (Å²) in [5.41, 5.74) is 1.86. The summed E-state index contributed by atoms with van der Waals surface area (Å²) < 4.78 is 10.1. The predicted octanol–water partition coefficient (Wildman–Crippen LogP) is 1.28. The van der Waals surface area contributed by atoms with E-state index in [1.165, 1.54) is 0 Å². The molecule has 21 heavy (non-hydrogen) atoms. The van der Waals surface area contributed by atoms with Crippen molar-refractivity contribution in [3.63, 3.8) is 0 Å². The molecule has 2 saturated heterocycles. The van der Waals surface area contributed by atoms with Gasteiger partial charge in [-0.15, -0.1) is 12.4 Å². The molecule has 0 N–H and O–H groups in total. The lowest BCUT2D eigenvalue weighted by atomic mass is 10.0. The molecule has 7 heteroatoms. The van der Waals surface area contributed by atoms with Crippen molar-refractivity contribution in [3.05, 3.63) is 17.0 Å². The molecule has 1 aromatic heterocycles. The number of rotatable bonds is 3. The van der Waals surface area contributed by atoms with E-state index < -0.39 is 0 Å². The monoisotopic (exact) mass is 314 g/mol. The highest BCUT2D eigenvalue weighted by Gasteiger charge is 2.45. The number of carbonyl (C=O) groups excluding carboxylic acids is 2. The molecule has 2 atom stereocenters. The van der Waals surface area contributed by atoms with Crippen molar-refractivity contribution >= 4 is 24.3 Å². The van der Waals surface area contributed by atoms with Crippen LogP contribution in [0.2, 0.25) is 0 Å². The van der Waals surface area contributed by atoms with Crippen molar-refractivity contribution in [2.75, 3.05) is 19.7 Å². The van der Waals surface area contributed by atoms with Crippen LogP contribution in [0.1, 0.15) is 23.4 Å². The smallest absolute Gasteiger partial charge is 0.311 e. The molecular weight excluding hydrogens is 296 g/mol. The molecule has 3 heterocycles. The van der Waals surface area contributed by atoms with Crippen LogP contribution in [0.4, 0.5) is 0 Å². The second kappa shape index (κ2) is 6.05. The molecule has 3 rings (SSSR count). The summed E-state index contributed by atoms with van der Waals surface area (Å²) in [5, 5.41) is 3.89. The molecule has 2 fully saturated rings. The van der Waals surface area contributed by atoms with Crippen LogP contribution >= 0.6 is 12.4 Å². The second-order valence-corrected chi connectivity index (χ2v) is 5.60. The van der Waals surface area contributed by atoms with Crippen molar-refractivity contribution in [2.24, 2.45) is 11.8 Å². The van der Waals surface area contributed by atoms with E-state index in [0.717, 1.165) is 17.0 Å². The minimum absolute atomic E-state index is 0. The van der Waals surface area contributed by atoms with Crippen LogP contribution in [-0.4, -0.2) is 41.6 Å². The predicted molar refractivity (Wildman–Crippen MR) is 76.1 cm³/mol. The first-order chi connectivity index (χ1) is 9.56. The van der Waals surface area contributed by atoms with Crippen molar-refractivity contribution in [1.82, 2.24) is 10.1 Å². The Morgan fingerprint density at radius 3 is 2.76 bits per heavy atom. The van der Waals surface area contributed by atoms with Gasteiger partial charge < -0.3 is 14.2 Å². The van der Waals surface area contributed by atoms with Crippen molar-refractivity contribution in [1.29, 1.82) is 0 Å². The highest BCUT2D eigenvalue weighted by molar-refractivity contribution is 5.85. The van der Waals surface area contributed by atoms with Gasteiger partial charge in [0.1, 0.15) is 5.76 Å². The molecule has 0 spiro atoms. The number of hydrogen-bond donors (Lipinski definition) is 0. The Labute approximate surface area is 129 Å². The van der Waals surface area contributed by atoms with E-state index in [9.17, 15) is 9.59 Å². The number of halogens is 1. The number of carbonyl (C=O) groups is 2. The highest BCUT2D eigenvalue weighted by atomic mass is 35.5. The lowest BCUT2D eigenvalue weighted by Gasteiger charge is -2.17. The number of amides is 1. The van der Waals surface area contributed by atoms with E-state index in [-0.39, 0.29) is 36.1 Å². The molecule has 0 aromatic carbocycles. The topological polar surface area (TPSA) is 72.6 Å². The Hall–Kier alpha value is -1.56. The van der Waals surface area contributed by atoms with Gasteiger partial charge in [0, 0.05) is 31.0 Å². The molecule has 0 radical (unpaired) electrons. The number of aryl methyl sites for hydroxylation is 2. The van der Waals surface area contributed by atoms with Crippen molar-refractivity contribution < 1.29 is 18.8 Å². The molecule has 2 aliphatic heterocycles.